The fraction of sp³-hybridized carbons (Fsp3) is 0.263. The van der Waals surface area contributed by atoms with E-state index in [-0.39, 0.29) is 18.7 Å². The number of hydrogen-bond acceptors (Lipinski definition) is 2. The van der Waals surface area contributed by atoms with Crippen LogP contribution in [0.4, 0.5) is 0 Å². The third-order valence-corrected chi connectivity index (χ3v) is 3.64. The zero-order valence-corrected chi connectivity index (χ0v) is 13.2. The Morgan fingerprint density at radius 3 is 2.39 bits per heavy atom. The molecule has 0 aromatic heterocycles. The molecule has 0 aliphatic rings. The normalized spacial score (nSPS) is 11.7. The van der Waals surface area contributed by atoms with Crippen molar-refractivity contribution in [3.63, 3.8) is 0 Å². The minimum atomic E-state index is -1.01. The number of aliphatic carboxylic acids is 1. The van der Waals surface area contributed by atoms with Crippen LogP contribution in [0.15, 0.2) is 54.6 Å². The molecule has 0 aliphatic heterocycles. The molecule has 0 saturated carbocycles. The van der Waals surface area contributed by atoms with Crippen LogP contribution < -0.4 is 5.32 Å². The first-order chi connectivity index (χ1) is 11.0. The number of carboxylic acid groups (broad SMARTS) is 1. The third kappa shape index (κ3) is 5.58. The SMILES string of the molecule is Cc1cccc(C[C@H](NC(=O)CCc2ccccc2)C(=O)O)c1. The molecule has 2 aromatic rings. The number of rotatable bonds is 7. The molecule has 2 N–H and O–H groups in total. The predicted molar refractivity (Wildman–Crippen MR) is 89.2 cm³/mol. The molecule has 1 amide bonds. The largest absolute Gasteiger partial charge is 0.480 e. The minimum absolute atomic E-state index is 0.242. The van der Waals surface area contributed by atoms with E-state index < -0.39 is 12.0 Å². The lowest BCUT2D eigenvalue weighted by Crippen LogP contribution is -2.42. The summed E-state index contributed by atoms with van der Waals surface area (Å²) in [6.45, 7) is 1.96. The summed E-state index contributed by atoms with van der Waals surface area (Å²) in [4.78, 5) is 23.4. The summed E-state index contributed by atoms with van der Waals surface area (Å²) >= 11 is 0. The number of benzene rings is 2. The Labute approximate surface area is 136 Å². The summed E-state index contributed by atoms with van der Waals surface area (Å²) in [6, 6.07) is 16.4. The summed E-state index contributed by atoms with van der Waals surface area (Å²) < 4.78 is 0. The molecule has 0 fully saturated rings. The molecule has 0 unspecified atom stereocenters. The molecule has 0 saturated heterocycles. The standard InChI is InChI=1S/C19H21NO3/c1-14-6-5-9-16(12-14)13-17(19(22)23)20-18(21)11-10-15-7-3-2-4-8-15/h2-9,12,17H,10-11,13H2,1H3,(H,20,21)(H,22,23)/t17-/m0/s1. The fourth-order valence-corrected chi connectivity index (χ4v) is 2.44. The van der Waals surface area contributed by atoms with Gasteiger partial charge < -0.3 is 10.4 Å². The number of amides is 1. The van der Waals surface area contributed by atoms with Crippen molar-refractivity contribution < 1.29 is 14.7 Å². The van der Waals surface area contributed by atoms with Crippen LogP contribution in [0.5, 0.6) is 0 Å². The van der Waals surface area contributed by atoms with Crippen molar-refractivity contribution in [3.05, 3.63) is 71.3 Å². The molecular weight excluding hydrogens is 290 g/mol. The maximum Gasteiger partial charge on any atom is 0.326 e. The van der Waals surface area contributed by atoms with Crippen LogP contribution in [0, 0.1) is 6.92 Å². The highest BCUT2D eigenvalue weighted by molar-refractivity contribution is 5.83. The second kappa shape index (κ2) is 8.13. The van der Waals surface area contributed by atoms with Crippen LogP contribution in [0.25, 0.3) is 0 Å². The summed E-state index contributed by atoms with van der Waals surface area (Å²) in [5, 5.41) is 11.9. The van der Waals surface area contributed by atoms with E-state index in [9.17, 15) is 14.7 Å². The summed E-state index contributed by atoms with van der Waals surface area (Å²) in [5.41, 5.74) is 3.04. The number of aryl methyl sites for hydroxylation is 2. The Hall–Kier alpha value is -2.62. The lowest BCUT2D eigenvalue weighted by atomic mass is 10.0. The average molecular weight is 311 g/mol. The molecule has 0 radical (unpaired) electrons. The van der Waals surface area contributed by atoms with Gasteiger partial charge in [-0.2, -0.15) is 0 Å². The molecule has 120 valence electrons. The Kier molecular flexibility index (Phi) is 5.92. The second-order valence-electron chi connectivity index (χ2n) is 5.64. The van der Waals surface area contributed by atoms with Gasteiger partial charge in [-0.3, -0.25) is 4.79 Å². The van der Waals surface area contributed by atoms with Crippen LogP contribution in [0.2, 0.25) is 0 Å². The van der Waals surface area contributed by atoms with E-state index in [1.807, 2.05) is 61.5 Å². The summed E-state index contributed by atoms with van der Waals surface area (Å²) in [7, 11) is 0. The first kappa shape index (κ1) is 16.7. The molecule has 0 bridgehead atoms. The van der Waals surface area contributed by atoms with Crippen LogP contribution in [0.3, 0.4) is 0 Å². The van der Waals surface area contributed by atoms with E-state index in [2.05, 4.69) is 5.32 Å². The smallest absolute Gasteiger partial charge is 0.326 e. The third-order valence-electron chi connectivity index (χ3n) is 3.64. The molecule has 4 heteroatoms. The van der Waals surface area contributed by atoms with Crippen molar-refractivity contribution in [1.29, 1.82) is 0 Å². The van der Waals surface area contributed by atoms with Crippen molar-refractivity contribution in [2.75, 3.05) is 0 Å². The number of hydrogen-bond donors (Lipinski definition) is 2. The van der Waals surface area contributed by atoms with Gasteiger partial charge in [0.2, 0.25) is 5.91 Å². The number of carboxylic acids is 1. The highest BCUT2D eigenvalue weighted by Crippen LogP contribution is 2.08. The van der Waals surface area contributed by atoms with E-state index >= 15 is 0 Å². The van der Waals surface area contributed by atoms with Gasteiger partial charge >= 0.3 is 5.97 Å². The van der Waals surface area contributed by atoms with Crippen molar-refractivity contribution >= 4 is 11.9 Å². The molecule has 4 nitrogen and oxygen atoms in total. The Morgan fingerprint density at radius 2 is 1.74 bits per heavy atom. The predicted octanol–water partition coefficient (Wildman–Crippen LogP) is 2.74. The van der Waals surface area contributed by atoms with Crippen molar-refractivity contribution in [3.8, 4) is 0 Å². The molecule has 23 heavy (non-hydrogen) atoms. The highest BCUT2D eigenvalue weighted by Gasteiger charge is 2.20. The van der Waals surface area contributed by atoms with Crippen LogP contribution >= 0.6 is 0 Å². The maximum atomic E-state index is 12.0. The Bertz CT molecular complexity index is 667. The Morgan fingerprint density at radius 1 is 1.04 bits per heavy atom. The molecule has 2 rings (SSSR count). The number of carbonyl (C=O) groups excluding carboxylic acids is 1. The van der Waals surface area contributed by atoms with Crippen molar-refractivity contribution in [2.45, 2.75) is 32.2 Å². The van der Waals surface area contributed by atoms with E-state index in [0.29, 0.717) is 6.42 Å². The molecule has 0 spiro atoms. The lowest BCUT2D eigenvalue weighted by molar-refractivity contribution is -0.141. The van der Waals surface area contributed by atoms with Gasteiger partial charge in [0.25, 0.3) is 0 Å². The van der Waals surface area contributed by atoms with Gasteiger partial charge in [0.1, 0.15) is 6.04 Å². The van der Waals surface area contributed by atoms with Gasteiger partial charge in [-0.25, -0.2) is 4.79 Å². The van der Waals surface area contributed by atoms with Crippen LogP contribution in [-0.2, 0) is 22.4 Å². The second-order valence-corrected chi connectivity index (χ2v) is 5.64. The lowest BCUT2D eigenvalue weighted by Gasteiger charge is -2.15. The van der Waals surface area contributed by atoms with E-state index in [1.54, 1.807) is 0 Å². The first-order valence-corrected chi connectivity index (χ1v) is 7.66. The number of nitrogens with one attached hydrogen (secondary N) is 1. The molecule has 0 aliphatic carbocycles. The summed E-state index contributed by atoms with van der Waals surface area (Å²) in [6.07, 6.45) is 1.17. The van der Waals surface area contributed by atoms with E-state index in [4.69, 9.17) is 0 Å². The van der Waals surface area contributed by atoms with E-state index in [0.717, 1.165) is 16.7 Å². The van der Waals surface area contributed by atoms with Gasteiger partial charge in [0.05, 0.1) is 0 Å². The van der Waals surface area contributed by atoms with Gasteiger partial charge in [-0.15, -0.1) is 0 Å². The topological polar surface area (TPSA) is 66.4 Å². The zero-order valence-electron chi connectivity index (χ0n) is 13.2. The van der Waals surface area contributed by atoms with Gasteiger partial charge in [-0.1, -0.05) is 60.2 Å². The van der Waals surface area contributed by atoms with Crippen LogP contribution in [-0.4, -0.2) is 23.0 Å². The molecule has 0 heterocycles. The maximum absolute atomic E-state index is 12.0. The molecular formula is C19H21NO3. The number of carbonyl (C=O) groups is 2. The highest BCUT2D eigenvalue weighted by atomic mass is 16.4. The first-order valence-electron chi connectivity index (χ1n) is 7.66. The zero-order chi connectivity index (χ0) is 16.7. The van der Waals surface area contributed by atoms with Crippen molar-refractivity contribution in [2.24, 2.45) is 0 Å². The summed E-state index contributed by atoms with van der Waals surface area (Å²) in [5.74, 6) is -1.26. The van der Waals surface area contributed by atoms with Gasteiger partial charge in [0.15, 0.2) is 0 Å². The average Bonchev–Trinajstić information content (AvgIpc) is 2.53. The quantitative estimate of drug-likeness (QED) is 0.826. The molecule has 1 atom stereocenters. The van der Waals surface area contributed by atoms with Crippen LogP contribution in [0.1, 0.15) is 23.1 Å². The minimum Gasteiger partial charge on any atom is -0.480 e. The Balaban J connectivity index is 1.91. The monoisotopic (exact) mass is 311 g/mol. The van der Waals surface area contributed by atoms with E-state index in [1.165, 1.54) is 0 Å². The molecule has 2 aromatic carbocycles. The van der Waals surface area contributed by atoms with Gasteiger partial charge in [0, 0.05) is 12.8 Å². The van der Waals surface area contributed by atoms with Crippen molar-refractivity contribution in [1.82, 2.24) is 5.32 Å². The van der Waals surface area contributed by atoms with Gasteiger partial charge in [-0.05, 0) is 24.5 Å². The fourth-order valence-electron chi connectivity index (χ4n) is 2.44.